The third-order valence-corrected chi connectivity index (χ3v) is 7.48. The normalized spacial score (nSPS) is 17.7. The van der Waals surface area contributed by atoms with Crippen molar-refractivity contribution in [3.63, 3.8) is 0 Å². The van der Waals surface area contributed by atoms with Crippen LogP contribution in [0.3, 0.4) is 0 Å². The molecule has 1 saturated heterocycles. The van der Waals surface area contributed by atoms with Crippen LogP contribution in [0.5, 0.6) is 5.75 Å². The minimum atomic E-state index is -3.76. The lowest BCUT2D eigenvalue weighted by Gasteiger charge is -2.31. The van der Waals surface area contributed by atoms with E-state index < -0.39 is 21.8 Å². The molecule has 0 radical (unpaired) electrons. The van der Waals surface area contributed by atoms with E-state index in [1.54, 1.807) is 0 Å². The Labute approximate surface area is 189 Å². The Balaban J connectivity index is 1.48. The Bertz CT molecular complexity index is 1020. The van der Waals surface area contributed by atoms with Crippen molar-refractivity contribution in [2.75, 3.05) is 26.2 Å². The molecule has 1 N–H and O–H groups in total. The number of rotatable bonds is 7. The first-order chi connectivity index (χ1) is 15.1. The minimum absolute atomic E-state index is 0.0332. The van der Waals surface area contributed by atoms with Gasteiger partial charge in [0, 0.05) is 13.1 Å². The van der Waals surface area contributed by atoms with Crippen molar-refractivity contribution in [2.24, 2.45) is 5.92 Å². The predicted molar refractivity (Wildman–Crippen MR) is 122 cm³/mol. The third-order valence-electron chi connectivity index (χ3n) is 5.60. The van der Waals surface area contributed by atoms with Gasteiger partial charge in [-0.05, 0) is 60.2 Å². The molecule has 1 aliphatic heterocycles. The number of nitrogens with one attached hydrogen (secondary N) is 1. The van der Waals surface area contributed by atoms with Gasteiger partial charge in [-0.3, -0.25) is 4.79 Å². The average molecular weight is 463 g/mol. The van der Waals surface area contributed by atoms with Crippen LogP contribution in [0.2, 0.25) is 0 Å². The standard InChI is InChI=1S/C24H31FN2O4S/c1-24(2,3)19-6-10-21(11-7-19)31-16-14-26-23(28)18-5-4-15-27(17-18)32(29,30)22-12-8-20(25)9-13-22/h6-13,18H,4-5,14-17H2,1-3H3,(H,26,28)/t18-/m0/s1. The van der Waals surface area contributed by atoms with Crippen molar-refractivity contribution >= 4 is 15.9 Å². The third kappa shape index (κ3) is 6.07. The second-order valence-corrected chi connectivity index (χ2v) is 11.0. The van der Waals surface area contributed by atoms with Gasteiger partial charge in [-0.1, -0.05) is 32.9 Å². The highest BCUT2D eigenvalue weighted by Gasteiger charge is 2.33. The Kier molecular flexibility index (Phi) is 7.56. The molecule has 1 heterocycles. The number of hydrogen-bond donors (Lipinski definition) is 1. The van der Waals surface area contributed by atoms with Crippen LogP contribution in [0.15, 0.2) is 53.4 Å². The molecule has 1 aliphatic rings. The Morgan fingerprint density at radius 1 is 1.12 bits per heavy atom. The van der Waals surface area contributed by atoms with Crippen molar-refractivity contribution < 1.29 is 22.3 Å². The number of benzene rings is 2. The average Bonchev–Trinajstić information content (AvgIpc) is 2.76. The quantitative estimate of drug-likeness (QED) is 0.637. The molecule has 0 spiro atoms. The van der Waals surface area contributed by atoms with Crippen molar-refractivity contribution in [1.82, 2.24) is 9.62 Å². The summed E-state index contributed by atoms with van der Waals surface area (Å²) in [5.74, 6) is -0.366. The molecule has 2 aromatic carbocycles. The van der Waals surface area contributed by atoms with Gasteiger partial charge in [0.05, 0.1) is 17.4 Å². The fourth-order valence-corrected chi connectivity index (χ4v) is 5.19. The first-order valence-electron chi connectivity index (χ1n) is 10.8. The summed E-state index contributed by atoms with van der Waals surface area (Å²) in [5, 5.41) is 2.84. The summed E-state index contributed by atoms with van der Waals surface area (Å²) in [6.45, 7) is 7.56. The molecule has 8 heteroatoms. The van der Waals surface area contributed by atoms with E-state index >= 15 is 0 Å². The van der Waals surface area contributed by atoms with E-state index in [0.717, 1.165) is 17.9 Å². The molecule has 0 unspecified atom stereocenters. The number of piperidine rings is 1. The summed E-state index contributed by atoms with van der Waals surface area (Å²) in [6.07, 6.45) is 1.21. The first-order valence-corrected chi connectivity index (χ1v) is 12.3. The number of hydrogen-bond acceptors (Lipinski definition) is 4. The summed E-state index contributed by atoms with van der Waals surface area (Å²) in [4.78, 5) is 12.6. The molecule has 3 rings (SSSR count). The molecule has 32 heavy (non-hydrogen) atoms. The predicted octanol–water partition coefficient (Wildman–Crippen LogP) is 3.72. The van der Waals surface area contributed by atoms with E-state index in [9.17, 15) is 17.6 Å². The lowest BCUT2D eigenvalue weighted by molar-refractivity contribution is -0.126. The zero-order chi connectivity index (χ0) is 23.4. The van der Waals surface area contributed by atoms with E-state index in [1.165, 1.54) is 22.0 Å². The van der Waals surface area contributed by atoms with Crippen LogP contribution in [-0.2, 0) is 20.2 Å². The Hall–Kier alpha value is -2.45. The number of carbonyl (C=O) groups excluding carboxylic acids is 1. The van der Waals surface area contributed by atoms with Crippen LogP contribution in [0.1, 0.15) is 39.2 Å². The highest BCUT2D eigenvalue weighted by molar-refractivity contribution is 7.89. The Morgan fingerprint density at radius 3 is 2.41 bits per heavy atom. The molecule has 174 valence electrons. The molecule has 0 bridgehead atoms. The summed E-state index contributed by atoms with van der Waals surface area (Å²) < 4.78 is 45.8. The maximum absolute atomic E-state index is 13.1. The summed E-state index contributed by atoms with van der Waals surface area (Å²) in [5.41, 5.74) is 1.29. The molecule has 0 aromatic heterocycles. The fourth-order valence-electron chi connectivity index (χ4n) is 3.67. The van der Waals surface area contributed by atoms with Crippen LogP contribution in [-0.4, -0.2) is 44.9 Å². The monoisotopic (exact) mass is 462 g/mol. The van der Waals surface area contributed by atoms with Gasteiger partial charge in [0.2, 0.25) is 15.9 Å². The smallest absolute Gasteiger partial charge is 0.243 e. The molecule has 2 aromatic rings. The van der Waals surface area contributed by atoms with E-state index in [2.05, 4.69) is 26.1 Å². The molecule has 0 saturated carbocycles. The summed E-state index contributed by atoms with van der Waals surface area (Å²) >= 11 is 0. The van der Waals surface area contributed by atoms with Gasteiger partial charge in [0.25, 0.3) is 0 Å². The van der Waals surface area contributed by atoms with Gasteiger partial charge >= 0.3 is 0 Å². The number of halogens is 1. The largest absolute Gasteiger partial charge is 0.492 e. The van der Waals surface area contributed by atoms with Gasteiger partial charge in [0.1, 0.15) is 18.2 Å². The molecule has 1 atom stereocenters. The summed E-state index contributed by atoms with van der Waals surface area (Å²) in [6, 6.07) is 12.6. The zero-order valence-corrected chi connectivity index (χ0v) is 19.6. The first kappa shape index (κ1) is 24.2. The lowest BCUT2D eigenvalue weighted by Crippen LogP contribution is -2.45. The van der Waals surface area contributed by atoms with Crippen LogP contribution in [0.25, 0.3) is 0 Å². The van der Waals surface area contributed by atoms with Crippen molar-refractivity contribution in [1.29, 1.82) is 0 Å². The van der Waals surface area contributed by atoms with Crippen molar-refractivity contribution in [2.45, 2.75) is 43.9 Å². The second kappa shape index (κ2) is 10.0. The van der Waals surface area contributed by atoms with E-state index in [1.807, 2.05) is 24.3 Å². The minimum Gasteiger partial charge on any atom is -0.492 e. The highest BCUT2D eigenvalue weighted by Crippen LogP contribution is 2.25. The zero-order valence-electron chi connectivity index (χ0n) is 18.8. The Morgan fingerprint density at radius 2 is 1.78 bits per heavy atom. The van der Waals surface area contributed by atoms with Gasteiger partial charge in [-0.15, -0.1) is 0 Å². The number of carbonyl (C=O) groups is 1. The SMILES string of the molecule is CC(C)(C)c1ccc(OCCNC(=O)[C@H]2CCCN(S(=O)(=O)c3ccc(F)cc3)C2)cc1. The lowest BCUT2D eigenvalue weighted by atomic mass is 9.87. The number of sulfonamides is 1. The van der Waals surface area contributed by atoms with E-state index in [4.69, 9.17) is 4.74 Å². The van der Waals surface area contributed by atoms with Gasteiger partial charge < -0.3 is 10.1 Å². The second-order valence-electron chi connectivity index (χ2n) is 9.07. The maximum atomic E-state index is 13.1. The van der Waals surface area contributed by atoms with Crippen LogP contribution >= 0.6 is 0 Å². The van der Waals surface area contributed by atoms with Gasteiger partial charge in [-0.25, -0.2) is 12.8 Å². The van der Waals surface area contributed by atoms with Crippen molar-refractivity contribution in [3.8, 4) is 5.75 Å². The maximum Gasteiger partial charge on any atom is 0.243 e. The molecule has 1 fully saturated rings. The van der Waals surface area contributed by atoms with Crippen LogP contribution in [0.4, 0.5) is 4.39 Å². The van der Waals surface area contributed by atoms with Gasteiger partial charge in [0.15, 0.2) is 0 Å². The van der Waals surface area contributed by atoms with Crippen LogP contribution < -0.4 is 10.1 Å². The van der Waals surface area contributed by atoms with Crippen molar-refractivity contribution in [3.05, 3.63) is 59.9 Å². The van der Waals surface area contributed by atoms with Crippen LogP contribution in [0, 0.1) is 11.7 Å². The summed E-state index contributed by atoms with van der Waals surface area (Å²) in [7, 11) is -3.76. The fraction of sp³-hybridized carbons (Fsp3) is 0.458. The van der Waals surface area contributed by atoms with Gasteiger partial charge in [-0.2, -0.15) is 4.31 Å². The molecule has 0 aliphatic carbocycles. The topological polar surface area (TPSA) is 75.7 Å². The molecular formula is C24H31FN2O4S. The van der Waals surface area contributed by atoms with E-state index in [-0.39, 0.29) is 22.8 Å². The molecular weight excluding hydrogens is 431 g/mol. The molecule has 1 amide bonds. The number of ether oxygens (including phenoxy) is 1. The highest BCUT2D eigenvalue weighted by atomic mass is 32.2. The number of nitrogens with zero attached hydrogens (tertiary/aromatic N) is 1. The van der Waals surface area contributed by atoms with E-state index in [0.29, 0.717) is 32.5 Å². The molecule has 6 nitrogen and oxygen atoms in total. The number of amides is 1.